The van der Waals surface area contributed by atoms with Gasteiger partial charge in [0.25, 0.3) is 5.91 Å². The number of hydrogen-bond donors (Lipinski definition) is 1. The SMILES string of the molecule is CCN(C(=O)c1ccc2nc(N)c3c(c2c1)CO[C@@H]3C)C(C)c1ccc(C#N)cn1. The smallest absolute Gasteiger partial charge is 0.254 e. The van der Waals surface area contributed by atoms with Crippen molar-refractivity contribution in [1.82, 2.24) is 14.9 Å². The zero-order valence-corrected chi connectivity index (χ0v) is 17.2. The van der Waals surface area contributed by atoms with Crippen LogP contribution in [0.3, 0.4) is 0 Å². The second kappa shape index (κ2) is 7.73. The number of aromatic nitrogens is 2. The number of anilines is 1. The summed E-state index contributed by atoms with van der Waals surface area (Å²) in [6.07, 6.45) is 1.42. The lowest BCUT2D eigenvalue weighted by molar-refractivity contribution is 0.0699. The van der Waals surface area contributed by atoms with Crippen molar-refractivity contribution in [3.63, 3.8) is 0 Å². The molecule has 1 aliphatic rings. The third-order valence-corrected chi connectivity index (χ3v) is 5.71. The van der Waals surface area contributed by atoms with Crippen LogP contribution < -0.4 is 5.73 Å². The van der Waals surface area contributed by atoms with Crippen LogP contribution in [0.15, 0.2) is 36.5 Å². The lowest BCUT2D eigenvalue weighted by atomic mass is 9.99. The van der Waals surface area contributed by atoms with Gasteiger partial charge in [0.2, 0.25) is 0 Å². The molecule has 0 fully saturated rings. The van der Waals surface area contributed by atoms with Gasteiger partial charge in [-0.3, -0.25) is 9.78 Å². The average molecular weight is 401 g/mol. The van der Waals surface area contributed by atoms with Gasteiger partial charge in [-0.25, -0.2) is 4.98 Å². The maximum Gasteiger partial charge on any atom is 0.254 e. The first-order chi connectivity index (χ1) is 14.4. The quantitative estimate of drug-likeness (QED) is 0.711. The first-order valence-electron chi connectivity index (χ1n) is 9.95. The lowest BCUT2D eigenvalue weighted by Gasteiger charge is -2.28. The highest BCUT2D eigenvalue weighted by molar-refractivity contribution is 5.99. The highest BCUT2D eigenvalue weighted by atomic mass is 16.5. The van der Waals surface area contributed by atoms with Gasteiger partial charge < -0.3 is 15.4 Å². The van der Waals surface area contributed by atoms with Crippen LogP contribution in [0.1, 0.15) is 65.7 Å². The van der Waals surface area contributed by atoms with Gasteiger partial charge in [0.05, 0.1) is 35.5 Å². The Morgan fingerprint density at radius 3 is 2.87 bits per heavy atom. The standard InChI is InChI=1S/C23H23N5O2/c1-4-28(13(2)19-7-5-15(10-24)11-26-19)23(29)16-6-8-20-17(9-16)18-12-30-14(3)21(18)22(25)27-20/h5-9,11,13-14H,4,12H2,1-3H3,(H2,25,27)/t13?,14-/m1/s1. The molecule has 1 amide bonds. The van der Waals surface area contributed by atoms with Gasteiger partial charge in [0.1, 0.15) is 11.9 Å². The molecule has 0 spiro atoms. The Kier molecular flexibility index (Phi) is 5.10. The summed E-state index contributed by atoms with van der Waals surface area (Å²) in [5.74, 6) is 0.396. The van der Waals surface area contributed by atoms with Crippen molar-refractivity contribution >= 4 is 22.6 Å². The minimum Gasteiger partial charge on any atom is -0.383 e. The minimum absolute atomic E-state index is 0.0874. The molecule has 30 heavy (non-hydrogen) atoms. The van der Waals surface area contributed by atoms with E-state index in [0.29, 0.717) is 30.1 Å². The van der Waals surface area contributed by atoms with Crippen LogP contribution in [-0.2, 0) is 11.3 Å². The molecule has 2 N–H and O–H groups in total. The number of carbonyl (C=O) groups excluding carboxylic acids is 1. The van der Waals surface area contributed by atoms with Gasteiger partial charge in [0.15, 0.2) is 0 Å². The number of nitrogens with two attached hydrogens (primary N) is 1. The number of fused-ring (bicyclic) bond motifs is 3. The highest BCUT2D eigenvalue weighted by Gasteiger charge is 2.27. The molecule has 7 heteroatoms. The van der Waals surface area contributed by atoms with E-state index < -0.39 is 0 Å². The molecule has 3 heterocycles. The lowest BCUT2D eigenvalue weighted by Crippen LogP contribution is -2.33. The summed E-state index contributed by atoms with van der Waals surface area (Å²) in [4.78, 5) is 24.0. The van der Waals surface area contributed by atoms with E-state index in [1.54, 1.807) is 23.1 Å². The van der Waals surface area contributed by atoms with E-state index in [0.717, 1.165) is 27.7 Å². The van der Waals surface area contributed by atoms with Crippen LogP contribution in [0.4, 0.5) is 5.82 Å². The normalized spacial score (nSPS) is 16.1. The van der Waals surface area contributed by atoms with Gasteiger partial charge in [0, 0.05) is 29.3 Å². The number of nitrogen functional groups attached to an aromatic ring is 1. The monoisotopic (exact) mass is 401 g/mol. The second-order valence-corrected chi connectivity index (χ2v) is 7.43. The molecule has 1 unspecified atom stereocenters. The number of pyridine rings is 2. The third-order valence-electron chi connectivity index (χ3n) is 5.71. The third kappa shape index (κ3) is 3.25. The van der Waals surface area contributed by atoms with Crippen LogP contribution in [0, 0.1) is 11.3 Å². The number of nitriles is 1. The van der Waals surface area contributed by atoms with E-state index in [1.807, 2.05) is 32.9 Å². The van der Waals surface area contributed by atoms with Crippen molar-refractivity contribution in [3.8, 4) is 6.07 Å². The summed E-state index contributed by atoms with van der Waals surface area (Å²) >= 11 is 0. The summed E-state index contributed by atoms with van der Waals surface area (Å²) in [7, 11) is 0. The predicted octanol–water partition coefficient (Wildman–Crippen LogP) is 3.90. The van der Waals surface area contributed by atoms with E-state index in [4.69, 9.17) is 15.7 Å². The average Bonchev–Trinajstić information content (AvgIpc) is 3.16. The molecule has 4 rings (SSSR count). The summed E-state index contributed by atoms with van der Waals surface area (Å²) < 4.78 is 5.75. The maximum absolute atomic E-state index is 13.4. The molecule has 0 saturated heterocycles. The van der Waals surface area contributed by atoms with Crippen molar-refractivity contribution in [2.75, 3.05) is 12.3 Å². The molecular weight excluding hydrogens is 378 g/mol. The molecule has 0 bridgehead atoms. The van der Waals surface area contributed by atoms with Gasteiger partial charge in [-0.2, -0.15) is 5.26 Å². The fraction of sp³-hybridized carbons (Fsp3) is 0.304. The van der Waals surface area contributed by atoms with Gasteiger partial charge in [-0.15, -0.1) is 0 Å². The molecule has 1 aliphatic heterocycles. The molecule has 152 valence electrons. The summed E-state index contributed by atoms with van der Waals surface area (Å²) in [5, 5.41) is 9.87. The second-order valence-electron chi connectivity index (χ2n) is 7.43. The Balaban J connectivity index is 1.70. The predicted molar refractivity (Wildman–Crippen MR) is 113 cm³/mol. The Hall–Kier alpha value is -3.50. The highest BCUT2D eigenvalue weighted by Crippen LogP contribution is 2.38. The first kappa shape index (κ1) is 19.8. The molecule has 0 aliphatic carbocycles. The van der Waals surface area contributed by atoms with E-state index in [-0.39, 0.29) is 18.1 Å². The zero-order chi connectivity index (χ0) is 21.4. The van der Waals surface area contributed by atoms with Crippen LogP contribution >= 0.6 is 0 Å². The largest absolute Gasteiger partial charge is 0.383 e. The number of carbonyl (C=O) groups is 1. The molecule has 2 atom stereocenters. The first-order valence-corrected chi connectivity index (χ1v) is 9.95. The number of ether oxygens (including phenoxy) is 1. The summed E-state index contributed by atoms with van der Waals surface area (Å²) in [5.41, 5.74) is 10.6. The van der Waals surface area contributed by atoms with Crippen molar-refractivity contribution in [2.45, 2.75) is 39.5 Å². The zero-order valence-electron chi connectivity index (χ0n) is 17.2. The van der Waals surface area contributed by atoms with E-state index in [1.165, 1.54) is 6.20 Å². The Bertz CT molecular complexity index is 1170. The van der Waals surface area contributed by atoms with Crippen LogP contribution in [0.2, 0.25) is 0 Å². The molecule has 0 radical (unpaired) electrons. The van der Waals surface area contributed by atoms with Crippen LogP contribution in [0.5, 0.6) is 0 Å². The Labute approximate surface area is 175 Å². The number of rotatable bonds is 4. The number of hydrogen-bond acceptors (Lipinski definition) is 6. The van der Waals surface area contributed by atoms with E-state index in [2.05, 4.69) is 16.0 Å². The molecule has 2 aromatic heterocycles. The number of nitrogens with zero attached hydrogens (tertiary/aromatic N) is 4. The van der Waals surface area contributed by atoms with Crippen molar-refractivity contribution < 1.29 is 9.53 Å². The van der Waals surface area contributed by atoms with E-state index in [9.17, 15) is 4.79 Å². The number of benzene rings is 1. The van der Waals surface area contributed by atoms with Crippen LogP contribution in [0.25, 0.3) is 10.9 Å². The van der Waals surface area contributed by atoms with Gasteiger partial charge in [-0.05, 0) is 56.7 Å². The molecule has 1 aromatic carbocycles. The molecular formula is C23H23N5O2. The fourth-order valence-corrected chi connectivity index (χ4v) is 4.04. The van der Waals surface area contributed by atoms with Gasteiger partial charge in [-0.1, -0.05) is 0 Å². The summed E-state index contributed by atoms with van der Waals surface area (Å²) in [6, 6.07) is 10.8. The molecule has 0 saturated carbocycles. The van der Waals surface area contributed by atoms with Crippen LogP contribution in [-0.4, -0.2) is 27.3 Å². The van der Waals surface area contributed by atoms with Crippen molar-refractivity contribution in [3.05, 3.63) is 64.5 Å². The molecule has 7 nitrogen and oxygen atoms in total. The van der Waals surface area contributed by atoms with E-state index >= 15 is 0 Å². The Morgan fingerprint density at radius 2 is 2.20 bits per heavy atom. The number of amides is 1. The maximum atomic E-state index is 13.4. The Morgan fingerprint density at radius 1 is 1.40 bits per heavy atom. The fourth-order valence-electron chi connectivity index (χ4n) is 4.04. The topological polar surface area (TPSA) is 105 Å². The molecule has 3 aromatic rings. The summed E-state index contributed by atoms with van der Waals surface area (Å²) in [6.45, 7) is 6.81. The minimum atomic E-state index is -0.232. The van der Waals surface area contributed by atoms with Gasteiger partial charge >= 0.3 is 0 Å². The van der Waals surface area contributed by atoms with Crippen molar-refractivity contribution in [1.29, 1.82) is 5.26 Å². The van der Waals surface area contributed by atoms with Crippen molar-refractivity contribution in [2.24, 2.45) is 0 Å².